The second-order valence-electron chi connectivity index (χ2n) is 12.0. The molecule has 1 amide bonds. The van der Waals surface area contributed by atoms with Crippen LogP contribution < -0.4 is 0 Å². The first-order valence-electron chi connectivity index (χ1n) is 15.4. The third kappa shape index (κ3) is 6.54. The quantitative estimate of drug-likeness (QED) is 0.206. The molecule has 1 saturated heterocycles. The Morgan fingerprint density at radius 1 is 1.02 bits per heavy atom. The van der Waals surface area contributed by atoms with E-state index in [1.54, 1.807) is 12.1 Å². The summed E-state index contributed by atoms with van der Waals surface area (Å²) >= 11 is 1.53. The van der Waals surface area contributed by atoms with Gasteiger partial charge in [-0.15, -0.1) is 11.3 Å². The minimum absolute atomic E-state index is 0.102. The lowest BCUT2D eigenvalue weighted by atomic mass is 9.84. The maximum atomic E-state index is 13.8. The number of alkyl halides is 3. The number of hydrogen-bond acceptors (Lipinski definition) is 5. The van der Waals surface area contributed by atoms with Crippen LogP contribution in [0.25, 0.3) is 16.4 Å². The Kier molecular flexibility index (Phi) is 8.56. The molecule has 45 heavy (non-hydrogen) atoms. The highest BCUT2D eigenvalue weighted by molar-refractivity contribution is 7.15. The van der Waals surface area contributed by atoms with E-state index in [0.717, 1.165) is 73.4 Å². The lowest BCUT2D eigenvalue weighted by Gasteiger charge is -2.33. The normalized spacial score (nSPS) is 15.9. The fourth-order valence-electron chi connectivity index (χ4n) is 6.39. The van der Waals surface area contributed by atoms with Gasteiger partial charge >= 0.3 is 12.1 Å². The van der Waals surface area contributed by atoms with Crippen LogP contribution in [0.1, 0.15) is 81.7 Å². The van der Waals surface area contributed by atoms with Gasteiger partial charge in [-0.3, -0.25) is 4.79 Å². The zero-order valence-corrected chi connectivity index (χ0v) is 26.0. The maximum Gasteiger partial charge on any atom is 0.434 e. The molecular weight excluding hydrogens is 601 g/mol. The average Bonchev–Trinajstić information content (AvgIpc) is 3.65. The lowest BCUT2D eigenvalue weighted by molar-refractivity contribution is -0.143. The molecule has 2 aliphatic rings. The number of piperidine rings is 1. The van der Waals surface area contributed by atoms with Gasteiger partial charge in [-0.2, -0.15) is 18.3 Å². The first-order chi connectivity index (χ1) is 21.5. The molecule has 1 aliphatic heterocycles. The Morgan fingerprint density at radius 2 is 1.78 bits per heavy atom. The Bertz CT molecular complexity index is 1730. The highest BCUT2D eigenvalue weighted by Crippen LogP contribution is 2.38. The number of carbonyl (C=O) groups excluding carboxylic acids is 1. The van der Waals surface area contributed by atoms with Gasteiger partial charge in [0.1, 0.15) is 5.56 Å². The summed E-state index contributed by atoms with van der Waals surface area (Å²) in [4.78, 5) is 32.4. The van der Waals surface area contributed by atoms with Crippen LogP contribution in [-0.2, 0) is 30.2 Å². The number of halogens is 3. The summed E-state index contributed by atoms with van der Waals surface area (Å²) in [5.41, 5.74) is 3.23. The number of pyridine rings is 1. The molecule has 0 atom stereocenters. The molecule has 4 heterocycles. The minimum atomic E-state index is -4.92. The van der Waals surface area contributed by atoms with E-state index in [-0.39, 0.29) is 11.7 Å². The molecule has 1 N–H and O–H groups in total. The molecule has 7 nitrogen and oxygen atoms in total. The van der Waals surface area contributed by atoms with Crippen molar-refractivity contribution in [1.82, 2.24) is 19.7 Å². The summed E-state index contributed by atoms with van der Waals surface area (Å²) in [5.74, 6) is -0.740. The number of likely N-dealkylation sites (tertiary alicyclic amines) is 1. The highest BCUT2D eigenvalue weighted by Gasteiger charge is 2.41. The summed E-state index contributed by atoms with van der Waals surface area (Å²) in [6.45, 7) is 5.83. The van der Waals surface area contributed by atoms with Gasteiger partial charge in [-0.1, -0.05) is 31.2 Å². The van der Waals surface area contributed by atoms with Crippen LogP contribution in [0.5, 0.6) is 0 Å². The number of rotatable bonds is 9. The van der Waals surface area contributed by atoms with Gasteiger partial charge < -0.3 is 10.0 Å². The monoisotopic (exact) mass is 636 g/mol. The fraction of sp³-hybridized carbons (Fsp3) is 0.412. The molecule has 236 valence electrons. The van der Waals surface area contributed by atoms with Gasteiger partial charge in [0, 0.05) is 23.9 Å². The van der Waals surface area contributed by atoms with Gasteiger partial charge in [0.05, 0.1) is 16.8 Å². The van der Waals surface area contributed by atoms with E-state index in [2.05, 4.69) is 46.2 Å². The predicted octanol–water partition coefficient (Wildman–Crippen LogP) is 7.48. The van der Waals surface area contributed by atoms with E-state index < -0.39 is 23.4 Å². The zero-order valence-electron chi connectivity index (χ0n) is 25.2. The molecule has 4 aromatic rings. The van der Waals surface area contributed by atoms with Crippen LogP contribution in [0, 0.1) is 12.8 Å². The van der Waals surface area contributed by atoms with Crippen molar-refractivity contribution in [3.63, 3.8) is 0 Å². The number of aromatic nitrogens is 3. The SMILES string of the molecule is CCc1cc(CCc2cc(C)sc2-c2cccc(-n3ncc(C(=O)O)c3C(F)(F)F)n2)ccc1C1CCN(C(=O)C2CC2)CC1. The molecule has 3 aromatic heterocycles. The van der Waals surface area contributed by atoms with Crippen molar-refractivity contribution >= 4 is 23.2 Å². The largest absolute Gasteiger partial charge is 0.478 e. The van der Waals surface area contributed by atoms with E-state index in [0.29, 0.717) is 28.4 Å². The van der Waals surface area contributed by atoms with E-state index in [1.807, 2.05) is 6.92 Å². The summed E-state index contributed by atoms with van der Waals surface area (Å²) in [6.07, 6.45) is 2.31. The number of carboxylic acid groups (broad SMARTS) is 1. The van der Waals surface area contributed by atoms with Gasteiger partial charge in [0.15, 0.2) is 11.5 Å². The molecule has 1 aliphatic carbocycles. The molecule has 0 spiro atoms. The number of hydrogen-bond donors (Lipinski definition) is 1. The van der Waals surface area contributed by atoms with Crippen molar-refractivity contribution in [2.24, 2.45) is 5.92 Å². The highest BCUT2D eigenvalue weighted by atomic mass is 32.1. The third-order valence-corrected chi connectivity index (χ3v) is 9.94. The molecule has 0 unspecified atom stereocenters. The maximum absolute atomic E-state index is 13.8. The number of aryl methyl sites for hydroxylation is 4. The van der Waals surface area contributed by atoms with Crippen molar-refractivity contribution in [2.75, 3.05) is 13.1 Å². The van der Waals surface area contributed by atoms with Crippen molar-refractivity contribution in [1.29, 1.82) is 0 Å². The number of nitrogens with zero attached hydrogens (tertiary/aromatic N) is 4. The number of aromatic carboxylic acids is 1. The van der Waals surface area contributed by atoms with E-state index in [9.17, 15) is 27.9 Å². The first kappa shape index (κ1) is 31.0. The Labute approximate surface area is 263 Å². The van der Waals surface area contributed by atoms with E-state index in [1.165, 1.54) is 34.1 Å². The van der Waals surface area contributed by atoms with Gasteiger partial charge in [0.25, 0.3) is 0 Å². The number of benzene rings is 1. The zero-order chi connectivity index (χ0) is 31.9. The molecule has 11 heteroatoms. The molecule has 0 radical (unpaired) electrons. The van der Waals surface area contributed by atoms with Crippen LogP contribution in [0.2, 0.25) is 0 Å². The number of carbonyl (C=O) groups is 2. The summed E-state index contributed by atoms with van der Waals surface area (Å²) in [6, 6.07) is 13.6. The van der Waals surface area contributed by atoms with Crippen LogP contribution in [0.3, 0.4) is 0 Å². The minimum Gasteiger partial charge on any atom is -0.478 e. The predicted molar refractivity (Wildman–Crippen MR) is 166 cm³/mol. The average molecular weight is 637 g/mol. The molecular formula is C34H35F3N4O3S. The van der Waals surface area contributed by atoms with E-state index in [4.69, 9.17) is 0 Å². The Hall–Kier alpha value is -3.99. The van der Waals surface area contributed by atoms with Crippen molar-refractivity contribution < 1.29 is 27.9 Å². The summed E-state index contributed by atoms with van der Waals surface area (Å²) in [7, 11) is 0. The van der Waals surface area contributed by atoms with Crippen molar-refractivity contribution in [2.45, 2.75) is 70.9 Å². The Balaban J connectivity index is 1.19. The number of thiophene rings is 1. The standard InChI is InChI=1S/C34H35F3N4O3S/c1-3-22-18-21(8-12-26(22)23-13-15-40(16-14-23)32(42)24-10-11-24)7-9-25-17-20(2)45-30(25)28-5-4-6-29(39-28)41-31(34(35,36)37)27(19-38-41)33(43)44/h4-6,8,12,17-19,23-24H,3,7,9-11,13-16H2,1-2H3,(H,43,44). The summed E-state index contributed by atoms with van der Waals surface area (Å²) in [5, 5.41) is 13.0. The van der Waals surface area contributed by atoms with Crippen LogP contribution >= 0.6 is 11.3 Å². The van der Waals surface area contributed by atoms with Gasteiger partial charge in [-0.05, 0) is 98.2 Å². The first-order valence-corrected chi connectivity index (χ1v) is 16.2. The van der Waals surface area contributed by atoms with Gasteiger partial charge in [-0.25, -0.2) is 14.5 Å². The molecule has 1 saturated carbocycles. The van der Waals surface area contributed by atoms with E-state index >= 15 is 0 Å². The number of amides is 1. The molecule has 2 fully saturated rings. The smallest absolute Gasteiger partial charge is 0.434 e. The van der Waals surface area contributed by atoms with Crippen LogP contribution in [0.15, 0.2) is 48.7 Å². The second kappa shape index (κ2) is 12.4. The van der Waals surface area contributed by atoms with Crippen LogP contribution in [-0.4, -0.2) is 49.7 Å². The topological polar surface area (TPSA) is 88.3 Å². The van der Waals surface area contributed by atoms with Crippen molar-refractivity contribution in [3.8, 4) is 16.4 Å². The molecule has 1 aromatic carbocycles. The Morgan fingerprint density at radius 3 is 2.44 bits per heavy atom. The number of carboxylic acids is 1. The fourth-order valence-corrected chi connectivity index (χ4v) is 7.42. The second-order valence-corrected chi connectivity index (χ2v) is 13.2. The van der Waals surface area contributed by atoms with Gasteiger partial charge in [0.2, 0.25) is 5.91 Å². The molecule has 0 bridgehead atoms. The molecule has 6 rings (SSSR count). The summed E-state index contributed by atoms with van der Waals surface area (Å²) < 4.78 is 42.1. The van der Waals surface area contributed by atoms with Crippen molar-refractivity contribution in [3.05, 3.63) is 87.0 Å². The lowest BCUT2D eigenvalue weighted by Crippen LogP contribution is -2.38. The van der Waals surface area contributed by atoms with Crippen LogP contribution in [0.4, 0.5) is 13.2 Å². The third-order valence-electron chi connectivity index (χ3n) is 8.83.